The zero-order valence-electron chi connectivity index (χ0n) is 18.5. The topological polar surface area (TPSA) is 66.7 Å². The molecule has 31 heavy (non-hydrogen) atoms. The second kappa shape index (κ2) is 9.77. The number of nitrogens with zero attached hydrogens (tertiary/aromatic N) is 3. The Morgan fingerprint density at radius 1 is 1.23 bits per heavy atom. The molecule has 4 rings (SSSR count). The van der Waals surface area contributed by atoms with Gasteiger partial charge in [0.05, 0.1) is 6.26 Å². The Morgan fingerprint density at radius 3 is 2.61 bits per heavy atom. The molecular weight excluding hydrogens is 390 g/mol. The fourth-order valence-corrected chi connectivity index (χ4v) is 5.04. The Labute approximate surface area is 184 Å². The van der Waals surface area contributed by atoms with E-state index in [0.29, 0.717) is 11.6 Å². The van der Waals surface area contributed by atoms with Gasteiger partial charge in [-0.2, -0.15) is 0 Å². The first kappa shape index (κ1) is 21.8. The molecule has 166 valence electrons. The van der Waals surface area contributed by atoms with Gasteiger partial charge in [-0.1, -0.05) is 25.3 Å². The summed E-state index contributed by atoms with van der Waals surface area (Å²) in [4.78, 5) is 33.8. The van der Waals surface area contributed by atoms with Crippen LogP contribution in [0.3, 0.4) is 0 Å². The predicted molar refractivity (Wildman–Crippen MR) is 120 cm³/mol. The summed E-state index contributed by atoms with van der Waals surface area (Å²) in [5, 5.41) is 0. The van der Waals surface area contributed by atoms with Crippen LogP contribution in [0.4, 0.5) is 5.82 Å². The molecule has 2 aromatic rings. The van der Waals surface area contributed by atoms with Crippen molar-refractivity contribution in [2.75, 3.05) is 24.5 Å². The minimum atomic E-state index is -0.137. The quantitative estimate of drug-likeness (QED) is 0.607. The normalized spacial score (nSPS) is 19.8. The molecule has 0 radical (unpaired) electrons. The van der Waals surface area contributed by atoms with Crippen LogP contribution in [0.2, 0.25) is 0 Å². The molecule has 1 aliphatic heterocycles. The summed E-state index contributed by atoms with van der Waals surface area (Å²) in [5.41, 5.74) is 0.957. The van der Waals surface area contributed by atoms with Crippen molar-refractivity contribution < 1.29 is 14.0 Å². The lowest BCUT2D eigenvalue weighted by Gasteiger charge is -2.39. The number of anilines is 1. The fraction of sp³-hybridized carbons (Fsp3) is 0.560. The van der Waals surface area contributed by atoms with Crippen molar-refractivity contribution in [2.24, 2.45) is 5.41 Å². The van der Waals surface area contributed by atoms with Crippen LogP contribution in [-0.4, -0.2) is 47.8 Å². The van der Waals surface area contributed by atoms with Gasteiger partial charge in [0.15, 0.2) is 5.76 Å². The predicted octanol–water partition coefficient (Wildman–Crippen LogP) is 4.63. The lowest BCUT2D eigenvalue weighted by molar-refractivity contribution is -0.118. The number of aldehydes is 1. The third kappa shape index (κ3) is 5.06. The lowest BCUT2D eigenvalue weighted by Crippen LogP contribution is -2.48. The average molecular weight is 424 g/mol. The fourth-order valence-electron chi connectivity index (χ4n) is 5.04. The smallest absolute Gasteiger partial charge is 0.295 e. The number of amides is 1. The molecule has 0 aromatic carbocycles. The number of aromatic nitrogens is 1. The number of furan rings is 1. The van der Waals surface area contributed by atoms with Crippen molar-refractivity contribution >= 4 is 18.0 Å². The van der Waals surface area contributed by atoms with Gasteiger partial charge in [-0.25, -0.2) is 4.98 Å². The lowest BCUT2D eigenvalue weighted by atomic mass is 9.73. The molecule has 0 N–H and O–H groups in total. The average Bonchev–Trinajstić information content (AvgIpc) is 3.36. The Hall–Kier alpha value is -2.47. The summed E-state index contributed by atoms with van der Waals surface area (Å²) in [7, 11) is 0. The maximum atomic E-state index is 13.2. The minimum Gasteiger partial charge on any atom is -0.459 e. The Bertz CT molecular complexity index is 849. The van der Waals surface area contributed by atoms with Crippen molar-refractivity contribution in [3.05, 3.63) is 48.0 Å². The number of rotatable bonds is 7. The van der Waals surface area contributed by atoms with E-state index in [1.165, 1.54) is 31.8 Å². The van der Waals surface area contributed by atoms with Crippen molar-refractivity contribution in [1.29, 1.82) is 0 Å². The monoisotopic (exact) mass is 423 g/mol. The van der Waals surface area contributed by atoms with E-state index in [-0.39, 0.29) is 17.4 Å². The highest BCUT2D eigenvalue weighted by atomic mass is 16.3. The summed E-state index contributed by atoms with van der Waals surface area (Å²) in [5.74, 6) is 0.879. The summed E-state index contributed by atoms with van der Waals surface area (Å²) < 4.78 is 5.40. The van der Waals surface area contributed by atoms with Gasteiger partial charge in [0.1, 0.15) is 12.1 Å². The number of piperidine rings is 1. The number of aryl methyl sites for hydroxylation is 1. The van der Waals surface area contributed by atoms with E-state index < -0.39 is 0 Å². The number of likely N-dealkylation sites (tertiary alicyclic amines) is 1. The SMILES string of the molecule is Cc1ccc(N(C(=O)c2ccco2)C2CCN(CCC3(C=O)CCCCC3)CC2)nc1. The Balaban J connectivity index is 1.41. The number of hydrogen-bond acceptors (Lipinski definition) is 5. The summed E-state index contributed by atoms with van der Waals surface area (Å²) >= 11 is 0. The Kier molecular flexibility index (Phi) is 6.86. The molecule has 1 amide bonds. The van der Waals surface area contributed by atoms with Gasteiger partial charge in [-0.05, 0) is 69.3 Å². The highest BCUT2D eigenvalue weighted by molar-refractivity contribution is 6.04. The third-order valence-electron chi connectivity index (χ3n) is 7.04. The van der Waals surface area contributed by atoms with E-state index in [1.54, 1.807) is 18.3 Å². The number of hydrogen-bond donors (Lipinski definition) is 0. The summed E-state index contributed by atoms with van der Waals surface area (Å²) in [6.07, 6.45) is 13.0. The highest BCUT2D eigenvalue weighted by Gasteiger charge is 2.34. The zero-order valence-corrected chi connectivity index (χ0v) is 18.5. The maximum absolute atomic E-state index is 13.2. The molecule has 1 saturated carbocycles. The molecule has 6 nitrogen and oxygen atoms in total. The van der Waals surface area contributed by atoms with Gasteiger partial charge in [0.25, 0.3) is 5.91 Å². The molecule has 1 saturated heterocycles. The molecule has 2 fully saturated rings. The third-order valence-corrected chi connectivity index (χ3v) is 7.04. The molecule has 1 aliphatic carbocycles. The van der Waals surface area contributed by atoms with Gasteiger partial charge in [0.2, 0.25) is 0 Å². The van der Waals surface area contributed by atoms with Crippen molar-refractivity contribution in [3.8, 4) is 0 Å². The molecule has 6 heteroatoms. The Morgan fingerprint density at radius 2 is 2.00 bits per heavy atom. The maximum Gasteiger partial charge on any atom is 0.295 e. The molecular formula is C25H33N3O3. The van der Waals surface area contributed by atoms with Crippen LogP contribution in [0.15, 0.2) is 41.1 Å². The van der Waals surface area contributed by atoms with Crippen molar-refractivity contribution in [1.82, 2.24) is 9.88 Å². The van der Waals surface area contributed by atoms with Gasteiger partial charge < -0.3 is 14.1 Å². The number of carbonyl (C=O) groups excluding carboxylic acids is 2. The van der Waals surface area contributed by atoms with Gasteiger partial charge in [-0.3, -0.25) is 9.69 Å². The molecule has 0 bridgehead atoms. The van der Waals surface area contributed by atoms with Gasteiger partial charge in [-0.15, -0.1) is 0 Å². The first-order valence-corrected chi connectivity index (χ1v) is 11.6. The summed E-state index contributed by atoms with van der Waals surface area (Å²) in [6.45, 7) is 4.80. The van der Waals surface area contributed by atoms with Crippen LogP contribution in [-0.2, 0) is 4.79 Å². The first-order valence-electron chi connectivity index (χ1n) is 11.6. The van der Waals surface area contributed by atoms with Crippen molar-refractivity contribution in [3.63, 3.8) is 0 Å². The van der Waals surface area contributed by atoms with Gasteiger partial charge >= 0.3 is 0 Å². The van der Waals surface area contributed by atoms with E-state index >= 15 is 0 Å². The van der Waals surface area contributed by atoms with E-state index in [2.05, 4.69) is 9.88 Å². The number of carbonyl (C=O) groups is 2. The molecule has 0 unspecified atom stereocenters. The largest absolute Gasteiger partial charge is 0.459 e. The van der Waals surface area contributed by atoms with E-state index in [9.17, 15) is 9.59 Å². The van der Waals surface area contributed by atoms with E-state index in [0.717, 1.165) is 57.3 Å². The van der Waals surface area contributed by atoms with Crippen LogP contribution in [0.25, 0.3) is 0 Å². The highest BCUT2D eigenvalue weighted by Crippen LogP contribution is 2.38. The summed E-state index contributed by atoms with van der Waals surface area (Å²) in [6, 6.07) is 7.44. The number of pyridine rings is 1. The van der Waals surface area contributed by atoms with Gasteiger partial charge in [0, 0.05) is 30.7 Å². The van der Waals surface area contributed by atoms with Crippen LogP contribution < -0.4 is 4.90 Å². The molecule has 3 heterocycles. The van der Waals surface area contributed by atoms with Crippen LogP contribution in [0.1, 0.15) is 67.5 Å². The molecule has 0 atom stereocenters. The standard InChI is InChI=1S/C25H33N3O3/c1-20-7-8-23(26-18-20)28(24(30)22-6-5-17-31-22)21-9-14-27(15-10-21)16-13-25(19-29)11-3-2-4-12-25/h5-8,17-19,21H,2-4,9-16H2,1H3. The minimum absolute atomic E-state index is 0.0822. The molecule has 2 aromatic heterocycles. The zero-order chi connectivity index (χ0) is 21.7. The first-order chi connectivity index (χ1) is 15.1. The van der Waals surface area contributed by atoms with E-state index in [4.69, 9.17) is 4.42 Å². The molecule has 0 spiro atoms. The van der Waals surface area contributed by atoms with Crippen LogP contribution in [0.5, 0.6) is 0 Å². The van der Waals surface area contributed by atoms with E-state index in [1.807, 2.05) is 24.0 Å². The van der Waals surface area contributed by atoms with Crippen LogP contribution in [0, 0.1) is 12.3 Å². The van der Waals surface area contributed by atoms with Crippen LogP contribution >= 0.6 is 0 Å². The second-order valence-electron chi connectivity index (χ2n) is 9.21. The van der Waals surface area contributed by atoms with Crippen molar-refractivity contribution in [2.45, 2.75) is 64.3 Å². The molecule has 2 aliphatic rings. The second-order valence-corrected chi connectivity index (χ2v) is 9.21.